The van der Waals surface area contributed by atoms with Crippen LogP contribution >= 0.6 is 0 Å². The minimum Gasteiger partial charge on any atom is -0.478 e. The number of nitrogens with one attached hydrogen (secondary N) is 2. The average Bonchev–Trinajstić information content (AvgIpc) is 2.73. The second-order valence-electron chi connectivity index (χ2n) is 8.25. The lowest BCUT2D eigenvalue weighted by atomic mass is 9.95. The van der Waals surface area contributed by atoms with E-state index in [1.54, 1.807) is 10.6 Å². The van der Waals surface area contributed by atoms with Gasteiger partial charge in [0.1, 0.15) is 11.4 Å². The Hall–Kier alpha value is -3.20. The summed E-state index contributed by atoms with van der Waals surface area (Å²) in [4.78, 5) is 36.2. The molecule has 170 valence electrons. The zero-order chi connectivity index (χ0) is 22.7. The van der Waals surface area contributed by atoms with Gasteiger partial charge >= 0.3 is 5.97 Å². The Morgan fingerprint density at radius 2 is 1.97 bits per heavy atom. The lowest BCUT2D eigenvalue weighted by molar-refractivity contribution is -0.131. The predicted molar refractivity (Wildman–Crippen MR) is 118 cm³/mol. The van der Waals surface area contributed by atoms with Crippen LogP contribution in [-0.2, 0) is 9.53 Å². The number of fused-ring (bicyclic) bond motifs is 1. The highest BCUT2D eigenvalue weighted by atomic mass is 19.1. The van der Waals surface area contributed by atoms with Gasteiger partial charge in [-0.25, -0.2) is 9.18 Å². The Balaban J connectivity index is 1.70. The number of carboxylic acids is 1. The SMILES string of the molecule is O=C(O)/C=C/CNC(=O)c1cn(C2COC2)c2cc(NC3CCCCC3)c(F)cc2c1=O. The molecule has 32 heavy (non-hydrogen) atoms. The Kier molecular flexibility index (Phi) is 6.55. The number of carbonyl (C=O) groups excluding carboxylic acids is 1. The number of ether oxygens (including phenoxy) is 1. The molecule has 9 heteroatoms. The highest BCUT2D eigenvalue weighted by Gasteiger charge is 2.26. The molecule has 4 rings (SSSR count). The van der Waals surface area contributed by atoms with Crippen LogP contribution in [-0.4, -0.2) is 47.4 Å². The number of rotatable bonds is 7. The number of hydrogen-bond acceptors (Lipinski definition) is 5. The molecule has 1 saturated heterocycles. The molecule has 1 saturated carbocycles. The summed E-state index contributed by atoms with van der Waals surface area (Å²) in [7, 11) is 0. The van der Waals surface area contributed by atoms with Gasteiger partial charge in [-0.15, -0.1) is 0 Å². The highest BCUT2D eigenvalue weighted by Crippen LogP contribution is 2.29. The van der Waals surface area contributed by atoms with E-state index < -0.39 is 23.1 Å². The van der Waals surface area contributed by atoms with Gasteiger partial charge in [0.05, 0.1) is 30.5 Å². The Bertz CT molecular complexity index is 1120. The van der Waals surface area contributed by atoms with Crippen molar-refractivity contribution >= 4 is 28.5 Å². The fourth-order valence-electron chi connectivity index (χ4n) is 4.20. The van der Waals surface area contributed by atoms with Crippen molar-refractivity contribution in [2.24, 2.45) is 0 Å². The quantitative estimate of drug-likeness (QED) is 0.568. The number of anilines is 1. The minimum absolute atomic E-state index is 0.0479. The summed E-state index contributed by atoms with van der Waals surface area (Å²) in [5, 5.41) is 14.5. The van der Waals surface area contributed by atoms with Crippen LogP contribution in [0.25, 0.3) is 10.9 Å². The summed E-state index contributed by atoms with van der Waals surface area (Å²) in [5.74, 6) is -2.31. The van der Waals surface area contributed by atoms with Crippen molar-refractivity contribution in [2.45, 2.75) is 44.2 Å². The third kappa shape index (κ3) is 4.67. The largest absolute Gasteiger partial charge is 0.478 e. The Labute approximate surface area is 184 Å². The molecule has 0 radical (unpaired) electrons. The van der Waals surface area contributed by atoms with Gasteiger partial charge in [-0.1, -0.05) is 25.3 Å². The van der Waals surface area contributed by atoms with Gasteiger partial charge in [0, 0.05) is 30.2 Å². The standard InChI is InChI=1S/C23H26FN3O5/c24-18-9-16-20(10-19(18)26-14-5-2-1-3-6-14)27(15-12-32-13-15)11-17(22(16)30)23(31)25-8-4-7-21(28)29/h4,7,9-11,14-15,26H,1-3,5-6,8,12-13H2,(H,25,31)(H,28,29)/b7-4+. The van der Waals surface area contributed by atoms with E-state index in [0.717, 1.165) is 31.8 Å². The van der Waals surface area contributed by atoms with Gasteiger partial charge < -0.3 is 25.0 Å². The summed E-state index contributed by atoms with van der Waals surface area (Å²) in [6.45, 7) is 0.819. The van der Waals surface area contributed by atoms with Gasteiger partial charge in [-0.3, -0.25) is 9.59 Å². The number of aliphatic carboxylic acids is 1. The van der Waals surface area contributed by atoms with E-state index >= 15 is 0 Å². The maximum absolute atomic E-state index is 14.9. The van der Waals surface area contributed by atoms with Crippen LogP contribution < -0.4 is 16.1 Å². The van der Waals surface area contributed by atoms with Crippen LogP contribution in [0.4, 0.5) is 10.1 Å². The molecule has 1 amide bonds. The summed E-state index contributed by atoms with van der Waals surface area (Å²) < 4.78 is 22.0. The zero-order valence-corrected chi connectivity index (χ0v) is 17.6. The van der Waals surface area contributed by atoms with Gasteiger partial charge in [0.15, 0.2) is 0 Å². The van der Waals surface area contributed by atoms with E-state index in [1.165, 1.54) is 24.8 Å². The van der Waals surface area contributed by atoms with E-state index in [0.29, 0.717) is 24.4 Å². The summed E-state index contributed by atoms with van der Waals surface area (Å²) in [6, 6.07) is 2.98. The summed E-state index contributed by atoms with van der Waals surface area (Å²) in [6.07, 6.45) is 9.02. The molecule has 0 unspecified atom stereocenters. The number of aromatic nitrogens is 1. The van der Waals surface area contributed by atoms with Crippen LogP contribution in [0.15, 0.2) is 35.3 Å². The van der Waals surface area contributed by atoms with Crippen molar-refractivity contribution in [3.63, 3.8) is 0 Å². The number of nitrogens with zero attached hydrogens (tertiary/aromatic N) is 1. The molecule has 1 aromatic carbocycles. The van der Waals surface area contributed by atoms with E-state index in [4.69, 9.17) is 9.84 Å². The van der Waals surface area contributed by atoms with Crippen molar-refractivity contribution in [2.75, 3.05) is 25.1 Å². The monoisotopic (exact) mass is 443 g/mol. The first kappa shape index (κ1) is 22.0. The van der Waals surface area contributed by atoms with E-state index in [2.05, 4.69) is 10.6 Å². The second kappa shape index (κ2) is 9.52. The average molecular weight is 443 g/mol. The molecular formula is C23H26FN3O5. The van der Waals surface area contributed by atoms with Gasteiger partial charge in [0.2, 0.25) is 5.43 Å². The van der Waals surface area contributed by atoms with Gasteiger partial charge in [-0.05, 0) is 25.0 Å². The molecule has 8 nitrogen and oxygen atoms in total. The summed E-state index contributed by atoms with van der Waals surface area (Å²) in [5.41, 5.74) is 0.207. The topological polar surface area (TPSA) is 110 Å². The normalized spacial score (nSPS) is 17.4. The summed E-state index contributed by atoms with van der Waals surface area (Å²) >= 11 is 0. The molecule has 1 aliphatic carbocycles. The Morgan fingerprint density at radius 1 is 1.22 bits per heavy atom. The highest BCUT2D eigenvalue weighted by molar-refractivity contribution is 5.98. The molecular weight excluding hydrogens is 417 g/mol. The molecule has 2 aromatic rings. The number of pyridine rings is 1. The predicted octanol–water partition coefficient (Wildman–Crippen LogP) is 2.83. The van der Waals surface area contributed by atoms with E-state index in [9.17, 15) is 18.8 Å². The molecule has 0 atom stereocenters. The second-order valence-corrected chi connectivity index (χ2v) is 8.25. The number of hydrogen-bond donors (Lipinski definition) is 3. The third-order valence-corrected chi connectivity index (χ3v) is 5.99. The first-order valence-corrected chi connectivity index (χ1v) is 10.8. The number of carboxylic acid groups (broad SMARTS) is 1. The molecule has 3 N–H and O–H groups in total. The lowest BCUT2D eigenvalue weighted by Crippen LogP contribution is -2.35. The van der Waals surface area contributed by atoms with Crippen molar-refractivity contribution in [3.8, 4) is 0 Å². The fraction of sp³-hybridized carbons (Fsp3) is 0.435. The van der Waals surface area contributed by atoms with Crippen LogP contribution in [0.2, 0.25) is 0 Å². The van der Waals surface area contributed by atoms with Gasteiger partial charge in [-0.2, -0.15) is 0 Å². The Morgan fingerprint density at radius 3 is 2.62 bits per heavy atom. The third-order valence-electron chi connectivity index (χ3n) is 5.99. The van der Waals surface area contributed by atoms with Crippen molar-refractivity contribution in [3.05, 3.63) is 52.1 Å². The van der Waals surface area contributed by atoms with Crippen molar-refractivity contribution < 1.29 is 23.8 Å². The molecule has 0 bridgehead atoms. The first-order valence-electron chi connectivity index (χ1n) is 10.8. The smallest absolute Gasteiger partial charge is 0.328 e. The molecule has 2 fully saturated rings. The molecule has 1 aliphatic heterocycles. The zero-order valence-electron chi connectivity index (χ0n) is 17.6. The fourth-order valence-corrected chi connectivity index (χ4v) is 4.20. The molecule has 1 aromatic heterocycles. The molecule has 0 spiro atoms. The number of carbonyl (C=O) groups is 2. The maximum atomic E-state index is 14.9. The van der Waals surface area contributed by atoms with Crippen LogP contribution in [0.1, 0.15) is 48.5 Å². The van der Waals surface area contributed by atoms with Crippen molar-refractivity contribution in [1.82, 2.24) is 9.88 Å². The van der Waals surface area contributed by atoms with Crippen molar-refractivity contribution in [1.29, 1.82) is 0 Å². The van der Waals surface area contributed by atoms with E-state index in [1.807, 2.05) is 0 Å². The molecule has 2 aliphatic rings. The molecule has 2 heterocycles. The van der Waals surface area contributed by atoms with Crippen LogP contribution in [0.3, 0.4) is 0 Å². The number of amides is 1. The maximum Gasteiger partial charge on any atom is 0.328 e. The van der Waals surface area contributed by atoms with Crippen LogP contribution in [0, 0.1) is 5.82 Å². The first-order chi connectivity index (χ1) is 15.4. The lowest BCUT2D eigenvalue weighted by Gasteiger charge is -2.31. The van der Waals surface area contributed by atoms with Gasteiger partial charge in [0.25, 0.3) is 5.91 Å². The minimum atomic E-state index is -1.13. The van der Waals surface area contributed by atoms with Crippen LogP contribution in [0.5, 0.6) is 0 Å². The number of benzene rings is 1. The number of halogens is 1. The van der Waals surface area contributed by atoms with E-state index in [-0.39, 0.29) is 29.6 Å².